The van der Waals surface area contributed by atoms with Gasteiger partial charge in [-0.2, -0.15) is 0 Å². The number of aryl methyl sites for hydroxylation is 2. The number of amides is 1. The van der Waals surface area contributed by atoms with Crippen molar-refractivity contribution in [1.29, 1.82) is 0 Å². The van der Waals surface area contributed by atoms with Gasteiger partial charge in [0, 0.05) is 29.6 Å². The van der Waals surface area contributed by atoms with Crippen LogP contribution in [-0.2, 0) is 27.2 Å². The molecule has 5 nitrogen and oxygen atoms in total. The molecule has 0 spiro atoms. The highest BCUT2D eigenvalue weighted by molar-refractivity contribution is 5.85. The third-order valence-electron chi connectivity index (χ3n) is 5.05. The van der Waals surface area contributed by atoms with Crippen molar-refractivity contribution in [3.05, 3.63) is 71.9 Å². The van der Waals surface area contributed by atoms with Crippen LogP contribution in [0.3, 0.4) is 0 Å². The molecule has 2 atom stereocenters. The Labute approximate surface area is 171 Å². The summed E-state index contributed by atoms with van der Waals surface area (Å²) in [6.45, 7) is 3.58. The zero-order valence-electron chi connectivity index (χ0n) is 17.0. The van der Waals surface area contributed by atoms with E-state index in [4.69, 9.17) is 4.74 Å². The lowest BCUT2D eigenvalue weighted by Crippen LogP contribution is -2.41. The predicted molar refractivity (Wildman–Crippen MR) is 115 cm³/mol. The van der Waals surface area contributed by atoms with Crippen LogP contribution in [-0.4, -0.2) is 29.0 Å². The molecule has 1 amide bonds. The lowest BCUT2D eigenvalue weighted by atomic mass is 10.1. The number of carbonyl (C=O) groups is 2. The molecular formula is C24H28N2O3. The predicted octanol–water partition coefficient (Wildman–Crippen LogP) is 4.17. The normalized spacial score (nSPS) is 13.0. The number of rotatable bonds is 9. The maximum atomic E-state index is 12.3. The topological polar surface area (TPSA) is 71.2 Å². The summed E-state index contributed by atoms with van der Waals surface area (Å²) < 4.78 is 5.32. The van der Waals surface area contributed by atoms with Gasteiger partial charge in [-0.25, -0.2) is 0 Å². The second kappa shape index (κ2) is 9.92. The number of fused-ring (bicyclic) bond motifs is 1. The van der Waals surface area contributed by atoms with Gasteiger partial charge in [-0.1, -0.05) is 48.5 Å². The summed E-state index contributed by atoms with van der Waals surface area (Å²) in [6, 6.07) is 18.1. The monoisotopic (exact) mass is 392 g/mol. The third kappa shape index (κ3) is 5.95. The molecule has 3 aromatic rings. The SMILES string of the molecule is C[C@H](CCc1ccccc1)NC(=O)[C@H](C)OC(=O)CCc1c[nH]c2ccccc12. The lowest BCUT2D eigenvalue weighted by Gasteiger charge is -2.18. The Balaban J connectivity index is 1.40. The number of hydrogen-bond donors (Lipinski definition) is 2. The van der Waals surface area contributed by atoms with Crippen LogP contribution in [0.25, 0.3) is 10.9 Å². The van der Waals surface area contributed by atoms with E-state index in [0.717, 1.165) is 29.3 Å². The standard InChI is InChI=1S/C24H28N2O3/c1-17(12-13-19-8-4-3-5-9-19)26-24(28)18(2)29-23(27)15-14-20-16-25-22-11-7-6-10-21(20)22/h3-11,16-18,25H,12-15H2,1-2H3,(H,26,28)/t17-,18+/m1/s1. The molecule has 1 aromatic heterocycles. The van der Waals surface area contributed by atoms with E-state index in [9.17, 15) is 9.59 Å². The van der Waals surface area contributed by atoms with E-state index in [1.807, 2.05) is 55.6 Å². The van der Waals surface area contributed by atoms with E-state index in [1.54, 1.807) is 6.92 Å². The summed E-state index contributed by atoms with van der Waals surface area (Å²) >= 11 is 0. The van der Waals surface area contributed by atoms with Crippen molar-refractivity contribution in [3.63, 3.8) is 0 Å². The summed E-state index contributed by atoms with van der Waals surface area (Å²) in [5.41, 5.74) is 3.36. The molecule has 0 unspecified atom stereocenters. The molecule has 0 radical (unpaired) electrons. The van der Waals surface area contributed by atoms with Gasteiger partial charge in [0.25, 0.3) is 5.91 Å². The van der Waals surface area contributed by atoms with Crippen molar-refractivity contribution in [3.8, 4) is 0 Å². The first-order valence-electron chi connectivity index (χ1n) is 10.1. The highest BCUT2D eigenvalue weighted by Crippen LogP contribution is 2.19. The van der Waals surface area contributed by atoms with Gasteiger partial charge < -0.3 is 15.0 Å². The molecule has 0 aliphatic heterocycles. The largest absolute Gasteiger partial charge is 0.453 e. The zero-order valence-corrected chi connectivity index (χ0v) is 17.0. The van der Waals surface area contributed by atoms with E-state index in [0.29, 0.717) is 6.42 Å². The number of carbonyl (C=O) groups excluding carboxylic acids is 2. The minimum Gasteiger partial charge on any atom is -0.453 e. The fourth-order valence-corrected chi connectivity index (χ4v) is 3.35. The number of nitrogens with one attached hydrogen (secondary N) is 2. The van der Waals surface area contributed by atoms with E-state index in [-0.39, 0.29) is 24.3 Å². The second-order valence-electron chi connectivity index (χ2n) is 7.43. The maximum absolute atomic E-state index is 12.3. The number of H-pyrrole nitrogens is 1. The molecule has 3 rings (SSSR count). The van der Waals surface area contributed by atoms with Crippen molar-refractivity contribution in [1.82, 2.24) is 10.3 Å². The van der Waals surface area contributed by atoms with Crippen molar-refractivity contribution < 1.29 is 14.3 Å². The van der Waals surface area contributed by atoms with Gasteiger partial charge in [-0.15, -0.1) is 0 Å². The average molecular weight is 392 g/mol. The molecule has 5 heteroatoms. The smallest absolute Gasteiger partial charge is 0.306 e. The molecule has 0 aliphatic carbocycles. The van der Waals surface area contributed by atoms with Gasteiger partial charge in [0.2, 0.25) is 0 Å². The van der Waals surface area contributed by atoms with Gasteiger partial charge in [-0.3, -0.25) is 9.59 Å². The molecule has 2 aromatic carbocycles. The molecule has 0 saturated heterocycles. The third-order valence-corrected chi connectivity index (χ3v) is 5.05. The molecular weight excluding hydrogens is 364 g/mol. The summed E-state index contributed by atoms with van der Waals surface area (Å²) in [5.74, 6) is -0.624. The van der Waals surface area contributed by atoms with Gasteiger partial charge in [0.1, 0.15) is 0 Å². The molecule has 0 aliphatic rings. The molecule has 0 saturated carbocycles. The second-order valence-corrected chi connectivity index (χ2v) is 7.43. The Morgan fingerprint density at radius 1 is 1.00 bits per heavy atom. The highest BCUT2D eigenvalue weighted by atomic mass is 16.5. The number of ether oxygens (including phenoxy) is 1. The Hall–Kier alpha value is -3.08. The number of esters is 1. The Kier molecular flexibility index (Phi) is 7.06. The first-order chi connectivity index (χ1) is 14.0. The minimum atomic E-state index is -0.801. The van der Waals surface area contributed by atoms with Crippen LogP contribution in [0.15, 0.2) is 60.8 Å². The van der Waals surface area contributed by atoms with E-state index >= 15 is 0 Å². The molecule has 152 valence electrons. The van der Waals surface area contributed by atoms with Gasteiger partial charge in [-0.05, 0) is 50.3 Å². The van der Waals surface area contributed by atoms with Crippen LogP contribution in [0, 0.1) is 0 Å². The Morgan fingerprint density at radius 3 is 2.52 bits per heavy atom. The van der Waals surface area contributed by atoms with Crippen LogP contribution < -0.4 is 5.32 Å². The van der Waals surface area contributed by atoms with Crippen LogP contribution in [0.5, 0.6) is 0 Å². The van der Waals surface area contributed by atoms with E-state index < -0.39 is 6.10 Å². The fraction of sp³-hybridized carbons (Fsp3) is 0.333. The van der Waals surface area contributed by atoms with Crippen molar-refractivity contribution in [2.45, 2.75) is 51.7 Å². The molecule has 1 heterocycles. The van der Waals surface area contributed by atoms with E-state index in [1.165, 1.54) is 5.56 Å². The maximum Gasteiger partial charge on any atom is 0.306 e. The molecule has 2 N–H and O–H groups in total. The molecule has 0 fully saturated rings. The van der Waals surface area contributed by atoms with Gasteiger partial charge in [0.05, 0.1) is 0 Å². The highest BCUT2D eigenvalue weighted by Gasteiger charge is 2.19. The summed E-state index contributed by atoms with van der Waals surface area (Å²) in [7, 11) is 0. The molecule has 0 bridgehead atoms. The Morgan fingerprint density at radius 2 is 1.72 bits per heavy atom. The number of benzene rings is 2. The number of aromatic nitrogens is 1. The summed E-state index contributed by atoms with van der Waals surface area (Å²) in [5, 5.41) is 4.04. The van der Waals surface area contributed by atoms with E-state index in [2.05, 4.69) is 22.4 Å². The lowest BCUT2D eigenvalue weighted by molar-refractivity contribution is -0.155. The van der Waals surface area contributed by atoms with Crippen LogP contribution >= 0.6 is 0 Å². The van der Waals surface area contributed by atoms with Crippen LogP contribution in [0.1, 0.15) is 37.8 Å². The number of para-hydroxylation sites is 1. The average Bonchev–Trinajstić information content (AvgIpc) is 3.14. The van der Waals surface area contributed by atoms with Gasteiger partial charge in [0.15, 0.2) is 6.10 Å². The van der Waals surface area contributed by atoms with Gasteiger partial charge >= 0.3 is 5.97 Å². The summed E-state index contributed by atoms with van der Waals surface area (Å²) in [4.78, 5) is 27.7. The fourth-order valence-electron chi connectivity index (χ4n) is 3.35. The first-order valence-corrected chi connectivity index (χ1v) is 10.1. The Bertz CT molecular complexity index is 949. The molecule has 29 heavy (non-hydrogen) atoms. The van der Waals surface area contributed by atoms with Crippen LogP contribution in [0.2, 0.25) is 0 Å². The summed E-state index contributed by atoms with van der Waals surface area (Å²) in [6.07, 6.45) is 3.65. The van der Waals surface area contributed by atoms with Crippen molar-refractivity contribution in [2.24, 2.45) is 0 Å². The first kappa shape index (κ1) is 20.6. The van der Waals surface area contributed by atoms with Crippen LogP contribution in [0.4, 0.5) is 0 Å². The zero-order chi connectivity index (χ0) is 20.6. The quantitative estimate of drug-likeness (QED) is 0.537. The number of aromatic amines is 1. The number of hydrogen-bond acceptors (Lipinski definition) is 3. The van der Waals surface area contributed by atoms with Crippen molar-refractivity contribution >= 4 is 22.8 Å². The minimum absolute atomic E-state index is 0.00933. The van der Waals surface area contributed by atoms with Crippen molar-refractivity contribution in [2.75, 3.05) is 0 Å².